The van der Waals surface area contributed by atoms with Crippen molar-refractivity contribution in [2.24, 2.45) is 0 Å². The molecule has 0 aromatic heterocycles. The van der Waals surface area contributed by atoms with Crippen molar-refractivity contribution in [3.05, 3.63) is 29.8 Å². The van der Waals surface area contributed by atoms with Crippen LogP contribution >= 0.6 is 0 Å². The van der Waals surface area contributed by atoms with E-state index in [0.717, 1.165) is 0 Å². The minimum absolute atomic E-state index is 0.0284. The van der Waals surface area contributed by atoms with Crippen molar-refractivity contribution in [3.63, 3.8) is 0 Å². The Balaban J connectivity index is 2.32. The van der Waals surface area contributed by atoms with Gasteiger partial charge in [0.15, 0.2) is 0 Å². The average Bonchev–Trinajstić information content (AvgIpc) is 2.34. The van der Waals surface area contributed by atoms with E-state index in [0.29, 0.717) is 5.56 Å². The molecule has 1 aromatic carbocycles. The Bertz CT molecular complexity index is 487. The summed E-state index contributed by atoms with van der Waals surface area (Å²) in [5, 5.41) is 22.0. The van der Waals surface area contributed by atoms with E-state index in [1.807, 2.05) is 0 Å². The Kier molecular flexibility index (Phi) is 5.34. The lowest BCUT2D eigenvalue weighted by molar-refractivity contribution is -0.137. The molecule has 0 saturated heterocycles. The van der Waals surface area contributed by atoms with Crippen LogP contribution in [-0.4, -0.2) is 41.1 Å². The number of carboxylic acid groups (broad SMARTS) is 1. The van der Waals surface area contributed by atoms with Gasteiger partial charge in [-0.1, -0.05) is 12.1 Å². The molecule has 0 aliphatic heterocycles. The molecule has 102 valence electrons. The molecule has 4 N–H and O–H groups in total. The molecule has 0 aliphatic rings. The molecule has 19 heavy (non-hydrogen) atoms. The normalized spacial score (nSPS) is 9.68. The van der Waals surface area contributed by atoms with Crippen LogP contribution in [0.25, 0.3) is 0 Å². The summed E-state index contributed by atoms with van der Waals surface area (Å²) in [6.07, 6.45) is 0.0284. The molecule has 0 bridgehead atoms. The van der Waals surface area contributed by atoms with E-state index in [2.05, 4.69) is 10.6 Å². The summed E-state index contributed by atoms with van der Waals surface area (Å²) < 4.78 is 0. The summed E-state index contributed by atoms with van der Waals surface area (Å²) >= 11 is 0. The molecule has 7 heteroatoms. The van der Waals surface area contributed by atoms with E-state index in [9.17, 15) is 19.5 Å². The average molecular weight is 266 g/mol. The molecular formula is C12H14N2O5. The van der Waals surface area contributed by atoms with Gasteiger partial charge in [0.1, 0.15) is 12.3 Å². The van der Waals surface area contributed by atoms with Crippen LogP contribution in [0.15, 0.2) is 24.3 Å². The highest BCUT2D eigenvalue weighted by atomic mass is 16.4. The number of hydrogen-bond donors (Lipinski definition) is 4. The Labute approximate surface area is 109 Å². The molecule has 1 aromatic rings. The quantitative estimate of drug-likeness (QED) is 0.541. The van der Waals surface area contributed by atoms with Gasteiger partial charge >= 0.3 is 5.97 Å². The number of carbonyl (C=O) groups is 3. The number of phenols is 1. The number of rotatable bonds is 6. The minimum atomic E-state index is -1.15. The predicted molar refractivity (Wildman–Crippen MR) is 65.5 cm³/mol. The second kappa shape index (κ2) is 7.00. The van der Waals surface area contributed by atoms with Gasteiger partial charge in [-0.2, -0.15) is 0 Å². The van der Waals surface area contributed by atoms with Crippen molar-refractivity contribution < 1.29 is 24.6 Å². The molecular weight excluding hydrogens is 252 g/mol. The molecule has 2 amide bonds. The second-order valence-electron chi connectivity index (χ2n) is 3.79. The highest BCUT2D eigenvalue weighted by Crippen LogP contribution is 2.10. The van der Waals surface area contributed by atoms with Crippen LogP contribution in [0.3, 0.4) is 0 Å². The number of carboxylic acids is 1. The smallest absolute Gasteiger partial charge is 0.322 e. The summed E-state index contributed by atoms with van der Waals surface area (Å²) in [6.45, 7) is -0.772. The monoisotopic (exact) mass is 266 g/mol. The third-order valence-electron chi connectivity index (χ3n) is 2.16. The third-order valence-corrected chi connectivity index (χ3v) is 2.16. The van der Waals surface area contributed by atoms with Crippen LogP contribution in [-0.2, 0) is 20.8 Å². The van der Waals surface area contributed by atoms with Crippen LogP contribution in [0.2, 0.25) is 0 Å². The number of aliphatic carboxylic acids is 1. The number of benzene rings is 1. The van der Waals surface area contributed by atoms with E-state index in [4.69, 9.17) is 5.11 Å². The summed E-state index contributed by atoms with van der Waals surface area (Å²) in [4.78, 5) is 32.8. The fourth-order valence-corrected chi connectivity index (χ4v) is 1.33. The van der Waals surface area contributed by atoms with Crippen LogP contribution in [0.1, 0.15) is 5.56 Å². The molecule has 0 unspecified atom stereocenters. The van der Waals surface area contributed by atoms with E-state index < -0.39 is 24.3 Å². The first-order chi connectivity index (χ1) is 8.97. The molecule has 7 nitrogen and oxygen atoms in total. The molecule has 0 spiro atoms. The highest BCUT2D eigenvalue weighted by molar-refractivity contribution is 5.87. The topological polar surface area (TPSA) is 116 Å². The first-order valence-electron chi connectivity index (χ1n) is 5.50. The number of hydrogen-bond acceptors (Lipinski definition) is 4. The Morgan fingerprint density at radius 2 is 1.74 bits per heavy atom. The molecule has 1 rings (SSSR count). The molecule has 0 atom stereocenters. The Hall–Kier alpha value is -2.57. The summed E-state index contributed by atoms with van der Waals surface area (Å²) in [6, 6.07) is 6.21. The Morgan fingerprint density at radius 1 is 1.05 bits per heavy atom. The largest absolute Gasteiger partial charge is 0.508 e. The van der Waals surface area contributed by atoms with Gasteiger partial charge in [0.25, 0.3) is 0 Å². The fraction of sp³-hybridized carbons (Fsp3) is 0.250. The van der Waals surface area contributed by atoms with E-state index in [-0.39, 0.29) is 18.7 Å². The molecule has 0 fully saturated rings. The minimum Gasteiger partial charge on any atom is -0.508 e. The van der Waals surface area contributed by atoms with Gasteiger partial charge in [-0.05, 0) is 17.7 Å². The maximum absolute atomic E-state index is 11.5. The molecule has 0 radical (unpaired) electrons. The van der Waals surface area contributed by atoms with Gasteiger partial charge in [-0.25, -0.2) is 0 Å². The zero-order chi connectivity index (χ0) is 14.3. The van der Waals surface area contributed by atoms with Gasteiger partial charge in [-0.15, -0.1) is 0 Å². The van der Waals surface area contributed by atoms with Crippen LogP contribution < -0.4 is 10.6 Å². The van der Waals surface area contributed by atoms with Crippen LogP contribution in [0.5, 0.6) is 5.75 Å². The molecule has 0 saturated carbocycles. The first kappa shape index (κ1) is 14.5. The van der Waals surface area contributed by atoms with Crippen molar-refractivity contribution in [2.75, 3.05) is 13.1 Å². The second-order valence-corrected chi connectivity index (χ2v) is 3.79. The van der Waals surface area contributed by atoms with Gasteiger partial charge < -0.3 is 20.8 Å². The number of aromatic hydroxyl groups is 1. The predicted octanol–water partition coefficient (Wildman–Crippen LogP) is -0.748. The Morgan fingerprint density at radius 3 is 2.37 bits per heavy atom. The maximum atomic E-state index is 11.5. The molecule has 0 heterocycles. The maximum Gasteiger partial charge on any atom is 0.322 e. The number of phenolic OH excluding ortho intramolecular Hbond substituents is 1. The van der Waals surface area contributed by atoms with Crippen molar-refractivity contribution in [2.45, 2.75) is 6.42 Å². The van der Waals surface area contributed by atoms with Gasteiger partial charge in [0.2, 0.25) is 11.8 Å². The van der Waals surface area contributed by atoms with Crippen molar-refractivity contribution >= 4 is 17.8 Å². The third kappa shape index (κ3) is 6.06. The highest BCUT2D eigenvalue weighted by Gasteiger charge is 2.07. The first-order valence-corrected chi connectivity index (χ1v) is 5.50. The number of nitrogens with one attached hydrogen (secondary N) is 2. The SMILES string of the molecule is O=C(O)CNC(=O)CNC(=O)Cc1cccc(O)c1. The van der Waals surface area contributed by atoms with Crippen molar-refractivity contribution in [1.82, 2.24) is 10.6 Å². The zero-order valence-electron chi connectivity index (χ0n) is 10.0. The number of carbonyl (C=O) groups excluding carboxylic acids is 2. The lowest BCUT2D eigenvalue weighted by Gasteiger charge is -2.05. The zero-order valence-corrected chi connectivity index (χ0v) is 10.0. The van der Waals surface area contributed by atoms with Gasteiger partial charge in [-0.3, -0.25) is 14.4 Å². The van der Waals surface area contributed by atoms with Crippen molar-refractivity contribution in [1.29, 1.82) is 0 Å². The van der Waals surface area contributed by atoms with Gasteiger partial charge in [0, 0.05) is 0 Å². The van der Waals surface area contributed by atoms with E-state index in [1.54, 1.807) is 12.1 Å². The van der Waals surface area contributed by atoms with Crippen LogP contribution in [0, 0.1) is 0 Å². The van der Waals surface area contributed by atoms with Gasteiger partial charge in [0.05, 0.1) is 13.0 Å². The summed E-state index contributed by atoms with van der Waals surface area (Å²) in [5.41, 5.74) is 0.614. The fourth-order valence-electron chi connectivity index (χ4n) is 1.33. The summed E-state index contributed by atoms with van der Waals surface area (Å²) in [7, 11) is 0. The summed E-state index contributed by atoms with van der Waals surface area (Å²) in [5.74, 6) is -2.06. The van der Waals surface area contributed by atoms with E-state index in [1.165, 1.54) is 12.1 Å². The lowest BCUT2D eigenvalue weighted by Crippen LogP contribution is -2.39. The standard InChI is InChI=1S/C12H14N2O5/c15-9-3-1-2-8(4-9)5-10(16)13-6-11(17)14-7-12(18)19/h1-4,15H,5-7H2,(H,13,16)(H,14,17)(H,18,19). The lowest BCUT2D eigenvalue weighted by atomic mass is 10.1. The van der Waals surface area contributed by atoms with Crippen molar-refractivity contribution in [3.8, 4) is 5.75 Å². The van der Waals surface area contributed by atoms with Crippen LogP contribution in [0.4, 0.5) is 0 Å². The number of amides is 2. The van der Waals surface area contributed by atoms with E-state index >= 15 is 0 Å². The molecule has 0 aliphatic carbocycles.